The Bertz CT molecular complexity index is 724. The van der Waals surface area contributed by atoms with Crippen molar-refractivity contribution in [3.63, 3.8) is 0 Å². The minimum Gasteiger partial charge on any atom is -0.395 e. The van der Waals surface area contributed by atoms with Gasteiger partial charge in [0.05, 0.1) is 12.9 Å². The van der Waals surface area contributed by atoms with Gasteiger partial charge in [0.1, 0.15) is 30.2 Å². The van der Waals surface area contributed by atoms with Crippen LogP contribution in [0.3, 0.4) is 0 Å². The molecular weight excluding hydrogens is 304 g/mol. The van der Waals surface area contributed by atoms with Crippen LogP contribution in [0.15, 0.2) is 12.7 Å². The van der Waals surface area contributed by atoms with E-state index in [1.807, 2.05) is 4.90 Å². The summed E-state index contributed by atoms with van der Waals surface area (Å²) in [6.07, 6.45) is -0.720. The van der Waals surface area contributed by atoms with Crippen LogP contribution < -0.4 is 5.73 Å². The van der Waals surface area contributed by atoms with E-state index < -0.39 is 24.5 Å². The monoisotopic (exact) mass is 322 g/mol. The molecule has 2 aromatic heterocycles. The average molecular weight is 322 g/mol. The third-order valence-electron chi connectivity index (χ3n) is 4.45. The number of hydrogen-bond donors (Lipinski definition) is 4. The molecule has 5 N–H and O–H groups in total. The van der Waals surface area contributed by atoms with Gasteiger partial charge < -0.3 is 25.8 Å². The fourth-order valence-corrected chi connectivity index (χ4v) is 3.02. The quantitative estimate of drug-likeness (QED) is 0.457. The summed E-state index contributed by atoms with van der Waals surface area (Å²) < 4.78 is 7.37. The number of rotatable bonds is 4. The molecular formula is C13H18N6O4. The Hall–Kier alpha value is -1.85. The van der Waals surface area contributed by atoms with Gasteiger partial charge in [-0.25, -0.2) is 15.0 Å². The molecule has 2 saturated heterocycles. The topological polar surface area (TPSA) is 143 Å². The number of aliphatic hydroxyl groups is 3. The Morgan fingerprint density at radius 3 is 2.83 bits per heavy atom. The Morgan fingerprint density at radius 2 is 2.09 bits per heavy atom. The van der Waals surface area contributed by atoms with Crippen molar-refractivity contribution in [2.75, 3.05) is 25.4 Å². The largest absolute Gasteiger partial charge is 0.395 e. The van der Waals surface area contributed by atoms with Gasteiger partial charge in [-0.15, -0.1) is 0 Å². The van der Waals surface area contributed by atoms with Crippen LogP contribution in [-0.2, 0) is 4.74 Å². The number of imidazole rings is 1. The molecule has 0 aromatic carbocycles. The SMILES string of the molecule is Nc1ncnc2c1ncn2[C@@H]1O[C@H](CN2CC2CO)[C@@H](O)[C@H]1O. The molecule has 6 atom stereocenters. The highest BCUT2D eigenvalue weighted by Gasteiger charge is 2.47. The molecule has 2 unspecified atom stereocenters. The fourth-order valence-electron chi connectivity index (χ4n) is 3.02. The molecule has 0 spiro atoms. The van der Waals surface area contributed by atoms with E-state index in [1.165, 1.54) is 12.7 Å². The third-order valence-corrected chi connectivity index (χ3v) is 4.45. The number of hydrogen-bond acceptors (Lipinski definition) is 9. The van der Waals surface area contributed by atoms with Crippen molar-refractivity contribution >= 4 is 17.0 Å². The Labute approximate surface area is 131 Å². The molecule has 2 aliphatic heterocycles. The van der Waals surface area contributed by atoms with Crippen LogP contribution in [0, 0.1) is 0 Å². The normalized spacial score (nSPS) is 36.7. The predicted octanol–water partition coefficient (Wildman–Crippen LogP) is -2.30. The summed E-state index contributed by atoms with van der Waals surface area (Å²) in [5.74, 6) is 0.244. The number of nitrogens with zero attached hydrogens (tertiary/aromatic N) is 5. The summed E-state index contributed by atoms with van der Waals surface area (Å²) >= 11 is 0. The molecule has 23 heavy (non-hydrogen) atoms. The first-order valence-electron chi connectivity index (χ1n) is 7.39. The summed E-state index contributed by atoms with van der Waals surface area (Å²) in [5.41, 5.74) is 6.62. The van der Waals surface area contributed by atoms with E-state index in [9.17, 15) is 10.2 Å². The highest BCUT2D eigenvalue weighted by Crippen LogP contribution is 2.33. The van der Waals surface area contributed by atoms with Crippen LogP contribution >= 0.6 is 0 Å². The number of aromatic nitrogens is 4. The molecule has 2 fully saturated rings. The van der Waals surface area contributed by atoms with Gasteiger partial charge in [0.2, 0.25) is 0 Å². The molecule has 0 aliphatic carbocycles. The van der Waals surface area contributed by atoms with Crippen LogP contribution in [0.4, 0.5) is 5.82 Å². The summed E-state index contributed by atoms with van der Waals surface area (Å²) in [5, 5.41) is 29.6. The molecule has 0 radical (unpaired) electrons. The van der Waals surface area contributed by atoms with Crippen molar-refractivity contribution in [3.8, 4) is 0 Å². The van der Waals surface area contributed by atoms with Gasteiger partial charge in [0.15, 0.2) is 17.7 Å². The molecule has 10 nitrogen and oxygen atoms in total. The number of nitrogen functional groups attached to an aromatic ring is 1. The fraction of sp³-hybridized carbons (Fsp3) is 0.615. The van der Waals surface area contributed by atoms with E-state index in [2.05, 4.69) is 15.0 Å². The summed E-state index contributed by atoms with van der Waals surface area (Å²) in [4.78, 5) is 14.1. The number of ether oxygens (including phenoxy) is 1. The van der Waals surface area contributed by atoms with Crippen molar-refractivity contribution in [1.29, 1.82) is 0 Å². The highest BCUT2D eigenvalue weighted by molar-refractivity contribution is 5.81. The van der Waals surface area contributed by atoms with Crippen molar-refractivity contribution in [1.82, 2.24) is 24.4 Å². The first kappa shape index (κ1) is 14.7. The minimum absolute atomic E-state index is 0.0805. The van der Waals surface area contributed by atoms with E-state index in [0.29, 0.717) is 17.7 Å². The number of nitrogens with two attached hydrogens (primary N) is 1. The lowest BCUT2D eigenvalue weighted by Gasteiger charge is -2.16. The molecule has 0 saturated carbocycles. The van der Waals surface area contributed by atoms with Gasteiger partial charge in [0.25, 0.3) is 0 Å². The van der Waals surface area contributed by atoms with Crippen LogP contribution in [0.1, 0.15) is 6.23 Å². The summed E-state index contributed by atoms with van der Waals surface area (Å²) in [7, 11) is 0. The third kappa shape index (κ3) is 2.35. The second kappa shape index (κ2) is 5.35. The predicted molar refractivity (Wildman–Crippen MR) is 78.1 cm³/mol. The van der Waals surface area contributed by atoms with Gasteiger partial charge in [-0.1, -0.05) is 0 Å². The molecule has 2 aromatic rings. The van der Waals surface area contributed by atoms with Gasteiger partial charge >= 0.3 is 0 Å². The van der Waals surface area contributed by atoms with E-state index in [1.54, 1.807) is 4.57 Å². The molecule has 124 valence electrons. The summed E-state index contributed by atoms with van der Waals surface area (Å²) in [6.45, 7) is 1.29. The highest BCUT2D eigenvalue weighted by atomic mass is 16.6. The van der Waals surface area contributed by atoms with Gasteiger partial charge in [0, 0.05) is 19.1 Å². The Balaban J connectivity index is 1.57. The lowest BCUT2D eigenvalue weighted by molar-refractivity contribution is -0.0383. The van der Waals surface area contributed by atoms with Crippen molar-refractivity contribution in [2.24, 2.45) is 0 Å². The zero-order valence-electron chi connectivity index (χ0n) is 12.2. The number of fused-ring (bicyclic) bond motifs is 1. The standard InChI is InChI=1S/C13H18N6O4/c14-11-8-12(16-4-15-11)19(5-17-8)13-10(22)9(21)7(23-13)2-18-1-6(18)3-20/h4-7,9-10,13,20-22H,1-3H2,(H2,14,15,16)/t6?,7-,9-,10-,13-,18?/m1/s1. The lowest BCUT2D eigenvalue weighted by Crippen LogP contribution is -2.35. The first-order valence-corrected chi connectivity index (χ1v) is 7.39. The molecule has 0 bridgehead atoms. The molecule has 4 heterocycles. The van der Waals surface area contributed by atoms with Crippen LogP contribution in [0.25, 0.3) is 11.2 Å². The van der Waals surface area contributed by atoms with E-state index >= 15 is 0 Å². The zero-order chi connectivity index (χ0) is 16.1. The molecule has 10 heteroatoms. The molecule has 0 amide bonds. The smallest absolute Gasteiger partial charge is 0.167 e. The van der Waals surface area contributed by atoms with Crippen LogP contribution in [-0.4, -0.2) is 83.8 Å². The van der Waals surface area contributed by atoms with E-state index in [0.717, 1.165) is 6.54 Å². The number of aliphatic hydroxyl groups excluding tert-OH is 3. The summed E-state index contributed by atoms with van der Waals surface area (Å²) in [6, 6.07) is 0.114. The Morgan fingerprint density at radius 1 is 1.26 bits per heavy atom. The second-order valence-corrected chi connectivity index (χ2v) is 5.92. The van der Waals surface area contributed by atoms with E-state index in [-0.39, 0.29) is 18.5 Å². The maximum absolute atomic E-state index is 10.3. The zero-order valence-corrected chi connectivity index (χ0v) is 12.2. The number of anilines is 1. The Kier molecular flexibility index (Phi) is 3.43. The van der Waals surface area contributed by atoms with Crippen LogP contribution in [0.5, 0.6) is 0 Å². The van der Waals surface area contributed by atoms with Gasteiger partial charge in [-0.2, -0.15) is 0 Å². The second-order valence-electron chi connectivity index (χ2n) is 5.92. The maximum Gasteiger partial charge on any atom is 0.167 e. The average Bonchev–Trinajstić information content (AvgIpc) is 3.07. The maximum atomic E-state index is 10.3. The molecule has 4 rings (SSSR count). The molecule has 2 aliphatic rings. The van der Waals surface area contributed by atoms with E-state index in [4.69, 9.17) is 15.6 Å². The van der Waals surface area contributed by atoms with Crippen molar-refractivity contribution < 1.29 is 20.1 Å². The van der Waals surface area contributed by atoms with Crippen molar-refractivity contribution in [2.45, 2.75) is 30.6 Å². The lowest BCUT2D eigenvalue weighted by atomic mass is 10.1. The first-order chi connectivity index (χ1) is 11.1. The van der Waals surface area contributed by atoms with Crippen LogP contribution in [0.2, 0.25) is 0 Å². The van der Waals surface area contributed by atoms with Gasteiger partial charge in [-0.3, -0.25) is 9.47 Å². The minimum atomic E-state index is -1.11. The van der Waals surface area contributed by atoms with Gasteiger partial charge in [-0.05, 0) is 0 Å². The van der Waals surface area contributed by atoms with Crippen molar-refractivity contribution in [3.05, 3.63) is 12.7 Å².